The lowest BCUT2D eigenvalue weighted by atomic mass is 10.3. The Morgan fingerprint density at radius 3 is 2.45 bits per heavy atom. The molecule has 0 bridgehead atoms. The Hall–Kier alpha value is -1.26. The highest BCUT2D eigenvalue weighted by Gasteiger charge is 2.26. The largest absolute Gasteiger partial charge is 0.280 e. The zero-order valence-corrected chi connectivity index (χ0v) is 13.0. The summed E-state index contributed by atoms with van der Waals surface area (Å²) in [5, 5.41) is 13.2. The lowest BCUT2D eigenvalue weighted by Gasteiger charge is -2.06. The van der Waals surface area contributed by atoms with Gasteiger partial charge in [-0.3, -0.25) is 0 Å². The van der Waals surface area contributed by atoms with Gasteiger partial charge >= 0.3 is 0 Å². The van der Waals surface area contributed by atoms with Gasteiger partial charge in [0.1, 0.15) is 11.6 Å². The van der Waals surface area contributed by atoms with Crippen LogP contribution in [-0.4, -0.2) is 18.2 Å². The molecule has 104 valence electrons. The van der Waals surface area contributed by atoms with Crippen molar-refractivity contribution >= 4 is 42.9 Å². The quantitative estimate of drug-likeness (QED) is 0.779. The maximum atomic E-state index is 11.7. The first-order valence-electron chi connectivity index (χ1n) is 5.15. The minimum absolute atomic E-state index is 0.105. The first-order chi connectivity index (χ1) is 9.25. The highest BCUT2D eigenvalue weighted by molar-refractivity contribution is 8.13. The van der Waals surface area contributed by atoms with Gasteiger partial charge in [-0.05, 0) is 25.1 Å². The monoisotopic (exact) mass is 349 g/mol. The molecule has 0 fully saturated rings. The van der Waals surface area contributed by atoms with Crippen LogP contribution in [0.25, 0.3) is 5.69 Å². The second kappa shape index (κ2) is 5.26. The molecule has 9 heteroatoms. The fraction of sp³-hybridized carbons (Fsp3) is 0.0909. The van der Waals surface area contributed by atoms with Crippen LogP contribution in [0.1, 0.15) is 11.3 Å². The number of aryl methyl sites for hydroxylation is 1. The molecule has 0 radical (unpaired) electrons. The number of benzene rings is 1. The van der Waals surface area contributed by atoms with Gasteiger partial charge in [0.2, 0.25) is 0 Å². The summed E-state index contributed by atoms with van der Waals surface area (Å²) >= 11 is 11.7. The summed E-state index contributed by atoms with van der Waals surface area (Å²) < 4.78 is 24.4. The number of halogens is 3. The third-order valence-corrected chi connectivity index (χ3v) is 4.53. The van der Waals surface area contributed by atoms with Crippen LogP contribution >= 0.6 is 33.9 Å². The Balaban J connectivity index is 2.82. The summed E-state index contributed by atoms with van der Waals surface area (Å²) in [7, 11) is 1.23. The molecule has 0 spiro atoms. The van der Waals surface area contributed by atoms with E-state index in [2.05, 4.69) is 5.10 Å². The van der Waals surface area contributed by atoms with Crippen LogP contribution < -0.4 is 0 Å². The van der Waals surface area contributed by atoms with E-state index in [1.54, 1.807) is 6.07 Å². The third kappa shape index (κ3) is 2.63. The summed E-state index contributed by atoms with van der Waals surface area (Å²) in [5.41, 5.74) is 0.479. The van der Waals surface area contributed by atoms with Crippen molar-refractivity contribution < 1.29 is 8.42 Å². The Morgan fingerprint density at radius 1 is 1.30 bits per heavy atom. The minimum Gasteiger partial charge on any atom is -0.219 e. The van der Waals surface area contributed by atoms with Crippen molar-refractivity contribution in [3.05, 3.63) is 39.5 Å². The molecule has 0 unspecified atom stereocenters. The third-order valence-electron chi connectivity index (χ3n) is 2.51. The summed E-state index contributed by atoms with van der Waals surface area (Å²) in [6.45, 7) is 1.51. The molecule has 0 aliphatic heterocycles. The molecule has 0 aliphatic carbocycles. The summed E-state index contributed by atoms with van der Waals surface area (Å²) in [5.74, 6) is 0. The van der Waals surface area contributed by atoms with Gasteiger partial charge in [-0.25, -0.2) is 13.1 Å². The smallest absolute Gasteiger partial charge is 0.219 e. The molecule has 20 heavy (non-hydrogen) atoms. The Labute approximate surface area is 129 Å². The van der Waals surface area contributed by atoms with Gasteiger partial charge in [0.15, 0.2) is 5.03 Å². The maximum absolute atomic E-state index is 11.7. The van der Waals surface area contributed by atoms with Crippen LogP contribution in [0.3, 0.4) is 0 Å². The average molecular weight is 351 g/mol. The van der Waals surface area contributed by atoms with E-state index < -0.39 is 14.1 Å². The molecule has 2 aromatic rings. The molecule has 0 N–H and O–H groups in total. The average Bonchev–Trinajstić information content (AvgIpc) is 2.69. The van der Waals surface area contributed by atoms with Crippen LogP contribution in [-0.2, 0) is 9.05 Å². The van der Waals surface area contributed by atoms with Gasteiger partial charge in [0.25, 0.3) is 9.05 Å². The summed E-state index contributed by atoms with van der Waals surface area (Å²) in [4.78, 5) is 0. The molecular formula is C11H6Cl3N3O2S. The zero-order chi connectivity index (χ0) is 15.1. The standard InChI is InChI=1S/C11H6Cl3N3O2S/c1-6-8(5-15)11(20(14,18)19)17(16-6)7-2-3-9(12)10(13)4-7/h2-4H,1H3. The Morgan fingerprint density at radius 2 is 1.95 bits per heavy atom. The highest BCUT2D eigenvalue weighted by atomic mass is 35.7. The lowest BCUT2D eigenvalue weighted by Crippen LogP contribution is -2.06. The zero-order valence-electron chi connectivity index (χ0n) is 9.93. The molecular weight excluding hydrogens is 345 g/mol. The van der Waals surface area contributed by atoms with Gasteiger partial charge in [-0.2, -0.15) is 10.4 Å². The van der Waals surface area contributed by atoms with E-state index in [4.69, 9.17) is 39.1 Å². The topological polar surface area (TPSA) is 75.8 Å². The first-order valence-corrected chi connectivity index (χ1v) is 8.22. The highest BCUT2D eigenvalue weighted by Crippen LogP contribution is 2.29. The van der Waals surface area contributed by atoms with Crippen molar-refractivity contribution in [3.8, 4) is 11.8 Å². The van der Waals surface area contributed by atoms with Crippen LogP contribution in [0.15, 0.2) is 23.2 Å². The van der Waals surface area contributed by atoms with E-state index >= 15 is 0 Å². The predicted molar refractivity (Wildman–Crippen MR) is 76.1 cm³/mol. The lowest BCUT2D eigenvalue weighted by molar-refractivity contribution is 0.599. The van der Waals surface area contributed by atoms with Crippen molar-refractivity contribution in [2.45, 2.75) is 11.9 Å². The molecule has 0 saturated heterocycles. The van der Waals surface area contributed by atoms with Crippen molar-refractivity contribution in [3.63, 3.8) is 0 Å². The summed E-state index contributed by atoms with van der Waals surface area (Å²) in [6, 6.07) is 6.23. The van der Waals surface area contributed by atoms with E-state index in [-0.39, 0.29) is 16.3 Å². The van der Waals surface area contributed by atoms with Crippen LogP contribution in [0.5, 0.6) is 0 Å². The fourth-order valence-corrected chi connectivity index (χ4v) is 3.16. The predicted octanol–water partition coefficient (Wildman–Crippen LogP) is 3.29. The second-order valence-corrected chi connectivity index (χ2v) is 7.12. The van der Waals surface area contributed by atoms with Gasteiger partial charge in [-0.15, -0.1) is 0 Å². The SMILES string of the molecule is Cc1nn(-c2ccc(Cl)c(Cl)c2)c(S(=O)(=O)Cl)c1C#N. The maximum Gasteiger partial charge on any atom is 0.280 e. The number of nitrogens with zero attached hydrogens (tertiary/aromatic N) is 3. The van der Waals surface area contributed by atoms with E-state index in [0.29, 0.717) is 10.7 Å². The number of aromatic nitrogens is 2. The molecule has 0 saturated carbocycles. The second-order valence-electron chi connectivity index (χ2n) is 3.83. The van der Waals surface area contributed by atoms with Gasteiger partial charge in [-0.1, -0.05) is 23.2 Å². The number of hydrogen-bond donors (Lipinski definition) is 0. The minimum atomic E-state index is -4.15. The van der Waals surface area contributed by atoms with Gasteiger partial charge < -0.3 is 0 Å². The first kappa shape index (κ1) is 15.1. The van der Waals surface area contributed by atoms with Crippen LogP contribution in [0, 0.1) is 18.3 Å². The van der Waals surface area contributed by atoms with E-state index in [0.717, 1.165) is 4.68 Å². The van der Waals surface area contributed by atoms with Crippen molar-refractivity contribution in [2.24, 2.45) is 0 Å². The number of hydrogen-bond acceptors (Lipinski definition) is 4. The Bertz CT molecular complexity index is 837. The van der Waals surface area contributed by atoms with Crippen molar-refractivity contribution in [1.82, 2.24) is 9.78 Å². The van der Waals surface area contributed by atoms with E-state index in [1.807, 2.05) is 0 Å². The fourth-order valence-electron chi connectivity index (χ4n) is 1.65. The van der Waals surface area contributed by atoms with Gasteiger partial charge in [0.05, 0.1) is 21.4 Å². The normalized spacial score (nSPS) is 11.3. The molecule has 1 aromatic heterocycles. The van der Waals surface area contributed by atoms with Crippen molar-refractivity contribution in [2.75, 3.05) is 0 Å². The molecule has 5 nitrogen and oxygen atoms in total. The number of nitriles is 1. The molecule has 1 heterocycles. The van der Waals surface area contributed by atoms with E-state index in [1.165, 1.54) is 25.1 Å². The van der Waals surface area contributed by atoms with E-state index in [9.17, 15) is 8.42 Å². The molecule has 0 aliphatic rings. The molecule has 1 aromatic carbocycles. The van der Waals surface area contributed by atoms with Crippen LogP contribution in [0.4, 0.5) is 0 Å². The van der Waals surface area contributed by atoms with Gasteiger partial charge in [0, 0.05) is 10.7 Å². The van der Waals surface area contributed by atoms with Crippen molar-refractivity contribution in [1.29, 1.82) is 5.26 Å². The summed E-state index contributed by atoms with van der Waals surface area (Å²) in [6.07, 6.45) is 0. The molecule has 2 rings (SSSR count). The number of rotatable bonds is 2. The Kier molecular flexibility index (Phi) is 3.98. The molecule has 0 amide bonds. The molecule has 0 atom stereocenters. The van der Waals surface area contributed by atoms with Crippen LogP contribution in [0.2, 0.25) is 10.0 Å².